The molecule has 2 rings (SSSR count). The molecule has 0 aromatic heterocycles. The molecule has 6 heteroatoms. The van der Waals surface area contributed by atoms with Gasteiger partial charge in [-0.25, -0.2) is 4.79 Å². The normalized spacial score (nSPS) is 12.1. The van der Waals surface area contributed by atoms with Gasteiger partial charge in [0.15, 0.2) is 11.5 Å². The molecule has 2 amide bonds. The number of amides is 2. The van der Waals surface area contributed by atoms with Crippen molar-refractivity contribution in [2.45, 2.75) is 33.4 Å². The monoisotopic (exact) mass is 386 g/mol. The van der Waals surface area contributed by atoms with E-state index in [-0.39, 0.29) is 17.5 Å². The molecule has 28 heavy (non-hydrogen) atoms. The van der Waals surface area contributed by atoms with Crippen LogP contribution in [0.4, 0.5) is 4.79 Å². The number of nitrogens with one attached hydrogen (secondary N) is 2. The zero-order valence-electron chi connectivity index (χ0n) is 17.5. The van der Waals surface area contributed by atoms with Gasteiger partial charge in [-0.1, -0.05) is 51.1 Å². The van der Waals surface area contributed by atoms with Crippen LogP contribution in [0.2, 0.25) is 0 Å². The highest BCUT2D eigenvalue weighted by atomic mass is 16.5. The predicted molar refractivity (Wildman–Crippen MR) is 110 cm³/mol. The second kappa shape index (κ2) is 9.35. The molecule has 2 aromatic rings. The van der Waals surface area contributed by atoms with Crippen LogP contribution >= 0.6 is 0 Å². The second-order valence-electron chi connectivity index (χ2n) is 7.57. The van der Waals surface area contributed by atoms with Crippen molar-refractivity contribution in [3.8, 4) is 17.2 Å². The summed E-state index contributed by atoms with van der Waals surface area (Å²) in [4.78, 5) is 12.6. The van der Waals surface area contributed by atoms with Gasteiger partial charge in [0.2, 0.25) is 5.75 Å². The summed E-state index contributed by atoms with van der Waals surface area (Å²) in [5.41, 5.74) is 1.78. The van der Waals surface area contributed by atoms with E-state index in [0.29, 0.717) is 23.8 Å². The summed E-state index contributed by atoms with van der Waals surface area (Å²) in [7, 11) is 4.69. The Labute approximate surface area is 167 Å². The molecule has 0 spiro atoms. The first kappa shape index (κ1) is 21.4. The largest absolute Gasteiger partial charge is 0.493 e. The molecule has 1 unspecified atom stereocenters. The molecule has 152 valence electrons. The third-order valence-corrected chi connectivity index (χ3v) is 4.45. The first-order valence-corrected chi connectivity index (χ1v) is 9.18. The van der Waals surface area contributed by atoms with Gasteiger partial charge in [0.25, 0.3) is 0 Å². The zero-order valence-corrected chi connectivity index (χ0v) is 17.5. The topological polar surface area (TPSA) is 68.8 Å². The first-order valence-electron chi connectivity index (χ1n) is 9.18. The minimum Gasteiger partial charge on any atom is -0.493 e. The molecule has 2 N–H and O–H groups in total. The molecule has 0 radical (unpaired) electrons. The smallest absolute Gasteiger partial charge is 0.315 e. The molecule has 2 aromatic carbocycles. The van der Waals surface area contributed by atoms with E-state index in [4.69, 9.17) is 14.2 Å². The lowest BCUT2D eigenvalue weighted by atomic mass is 9.82. The van der Waals surface area contributed by atoms with Crippen LogP contribution in [0.15, 0.2) is 42.5 Å². The Kier molecular flexibility index (Phi) is 7.15. The summed E-state index contributed by atoms with van der Waals surface area (Å²) >= 11 is 0. The summed E-state index contributed by atoms with van der Waals surface area (Å²) in [6.07, 6.45) is 0. The maximum absolute atomic E-state index is 12.6. The maximum atomic E-state index is 12.6. The van der Waals surface area contributed by atoms with Gasteiger partial charge in [-0.05, 0) is 28.7 Å². The van der Waals surface area contributed by atoms with E-state index in [2.05, 4.69) is 31.4 Å². The third kappa shape index (κ3) is 5.31. The van der Waals surface area contributed by atoms with Crippen molar-refractivity contribution in [2.24, 2.45) is 5.41 Å². The van der Waals surface area contributed by atoms with E-state index in [1.807, 2.05) is 42.5 Å². The van der Waals surface area contributed by atoms with Crippen molar-refractivity contribution in [3.63, 3.8) is 0 Å². The fourth-order valence-corrected chi connectivity index (χ4v) is 3.05. The number of carbonyl (C=O) groups is 1. The van der Waals surface area contributed by atoms with Crippen molar-refractivity contribution >= 4 is 6.03 Å². The third-order valence-electron chi connectivity index (χ3n) is 4.45. The lowest BCUT2D eigenvalue weighted by Gasteiger charge is -2.32. The number of hydrogen-bond donors (Lipinski definition) is 2. The lowest BCUT2D eigenvalue weighted by Crippen LogP contribution is -2.42. The van der Waals surface area contributed by atoms with Gasteiger partial charge in [0, 0.05) is 6.54 Å². The van der Waals surface area contributed by atoms with Crippen molar-refractivity contribution in [1.82, 2.24) is 10.6 Å². The van der Waals surface area contributed by atoms with E-state index in [1.165, 1.54) is 0 Å². The number of carbonyl (C=O) groups excluding carboxylic acids is 1. The van der Waals surface area contributed by atoms with Crippen LogP contribution in [0.3, 0.4) is 0 Å². The Morgan fingerprint density at radius 3 is 2.00 bits per heavy atom. The van der Waals surface area contributed by atoms with Gasteiger partial charge in [-0.3, -0.25) is 0 Å². The molecule has 0 saturated heterocycles. The summed E-state index contributed by atoms with van der Waals surface area (Å²) in [6.45, 7) is 6.63. The Balaban J connectivity index is 2.11. The number of rotatable bonds is 7. The highest BCUT2D eigenvalue weighted by molar-refractivity contribution is 5.74. The zero-order chi connectivity index (χ0) is 20.7. The lowest BCUT2D eigenvalue weighted by molar-refractivity contribution is 0.218. The molecule has 0 bridgehead atoms. The second-order valence-corrected chi connectivity index (χ2v) is 7.57. The van der Waals surface area contributed by atoms with Crippen molar-refractivity contribution in [3.05, 3.63) is 53.6 Å². The number of ether oxygens (including phenoxy) is 3. The van der Waals surface area contributed by atoms with Crippen molar-refractivity contribution < 1.29 is 19.0 Å². The molecule has 1 atom stereocenters. The molecule has 0 heterocycles. The minimum absolute atomic E-state index is 0.117. The van der Waals surface area contributed by atoms with Gasteiger partial charge in [0.1, 0.15) is 0 Å². The van der Waals surface area contributed by atoms with Gasteiger partial charge < -0.3 is 24.8 Å². The Hall–Kier alpha value is -2.89. The van der Waals surface area contributed by atoms with E-state index >= 15 is 0 Å². The van der Waals surface area contributed by atoms with Crippen LogP contribution in [-0.4, -0.2) is 27.4 Å². The van der Waals surface area contributed by atoms with Gasteiger partial charge in [0.05, 0.1) is 27.4 Å². The van der Waals surface area contributed by atoms with E-state index in [0.717, 1.165) is 11.1 Å². The molecule has 0 aliphatic rings. The fraction of sp³-hybridized carbons (Fsp3) is 0.409. The molecule has 0 saturated carbocycles. The Morgan fingerprint density at radius 1 is 0.964 bits per heavy atom. The van der Waals surface area contributed by atoms with Crippen molar-refractivity contribution in [2.75, 3.05) is 21.3 Å². The molecular formula is C22H30N2O4. The highest BCUT2D eigenvalue weighted by Crippen LogP contribution is 2.38. The molecular weight excluding hydrogens is 356 g/mol. The van der Waals surface area contributed by atoms with Gasteiger partial charge >= 0.3 is 6.03 Å². The van der Waals surface area contributed by atoms with Crippen LogP contribution < -0.4 is 24.8 Å². The summed E-state index contributed by atoms with van der Waals surface area (Å²) < 4.78 is 16.0. The average molecular weight is 386 g/mol. The number of benzene rings is 2. The predicted octanol–water partition coefficient (Wildman–Crippen LogP) is 4.30. The standard InChI is InChI=1S/C22H30N2O4/c1-22(2,3)20(16-10-8-7-9-11-16)24-21(25)23-14-15-12-17(26-4)19(28-6)18(13-15)27-5/h7-13,20H,14H2,1-6H3,(H2,23,24,25). The summed E-state index contributed by atoms with van der Waals surface area (Å²) in [5.74, 6) is 1.63. The van der Waals surface area contributed by atoms with Crippen molar-refractivity contribution in [1.29, 1.82) is 0 Å². The van der Waals surface area contributed by atoms with Crippen LogP contribution in [0.25, 0.3) is 0 Å². The highest BCUT2D eigenvalue weighted by Gasteiger charge is 2.27. The van der Waals surface area contributed by atoms with E-state index < -0.39 is 0 Å². The SMILES string of the molecule is COc1cc(CNC(=O)NC(c2ccccc2)C(C)(C)C)cc(OC)c1OC. The molecule has 0 aliphatic carbocycles. The van der Waals surface area contributed by atoms with E-state index in [9.17, 15) is 4.79 Å². The summed E-state index contributed by atoms with van der Waals surface area (Å²) in [6, 6.07) is 13.2. The summed E-state index contributed by atoms with van der Waals surface area (Å²) in [5, 5.41) is 6.00. The van der Waals surface area contributed by atoms with Crippen LogP contribution in [0.5, 0.6) is 17.2 Å². The Morgan fingerprint density at radius 2 is 1.54 bits per heavy atom. The van der Waals surface area contributed by atoms with Crippen LogP contribution in [0.1, 0.15) is 37.9 Å². The van der Waals surface area contributed by atoms with Crippen LogP contribution in [0, 0.1) is 5.41 Å². The van der Waals surface area contributed by atoms with E-state index in [1.54, 1.807) is 21.3 Å². The van der Waals surface area contributed by atoms with Gasteiger partial charge in [-0.2, -0.15) is 0 Å². The molecule has 6 nitrogen and oxygen atoms in total. The number of hydrogen-bond acceptors (Lipinski definition) is 4. The Bertz CT molecular complexity index is 760. The van der Waals surface area contributed by atoms with Gasteiger partial charge in [-0.15, -0.1) is 0 Å². The first-order chi connectivity index (χ1) is 13.3. The average Bonchev–Trinajstić information content (AvgIpc) is 2.69. The van der Waals surface area contributed by atoms with Crippen LogP contribution in [-0.2, 0) is 6.54 Å². The quantitative estimate of drug-likeness (QED) is 0.744. The number of methoxy groups -OCH3 is 3. The molecule has 0 aliphatic heterocycles. The maximum Gasteiger partial charge on any atom is 0.315 e. The molecule has 0 fully saturated rings. The minimum atomic E-state index is -0.238. The fourth-order valence-electron chi connectivity index (χ4n) is 3.05. The number of urea groups is 1.